The predicted octanol–water partition coefficient (Wildman–Crippen LogP) is 3.92. The van der Waals surface area contributed by atoms with Crippen LogP contribution in [0.5, 0.6) is 5.75 Å². The van der Waals surface area contributed by atoms with Gasteiger partial charge >= 0.3 is 0 Å². The molecule has 4 amide bonds. The van der Waals surface area contributed by atoms with E-state index >= 15 is 4.39 Å². The maximum absolute atomic E-state index is 16.1. The van der Waals surface area contributed by atoms with E-state index in [1.54, 1.807) is 36.4 Å². The van der Waals surface area contributed by atoms with Gasteiger partial charge in [0.1, 0.15) is 29.8 Å². The van der Waals surface area contributed by atoms with Gasteiger partial charge in [0.15, 0.2) is 11.5 Å². The molecule has 1 unspecified atom stereocenters. The second-order valence-corrected chi connectivity index (χ2v) is 15.8. The number of imide groups is 1. The average molecular weight is 743 g/mol. The lowest BCUT2D eigenvalue weighted by Gasteiger charge is -2.66. The highest BCUT2D eigenvalue weighted by Gasteiger charge is 2.68. The van der Waals surface area contributed by atoms with E-state index in [1.807, 2.05) is 38.7 Å². The van der Waals surface area contributed by atoms with Crippen LogP contribution in [0.25, 0.3) is 0 Å². The number of ether oxygens (including phenoxy) is 1. The average Bonchev–Trinajstić information content (AvgIpc) is 3.46. The fraction of sp³-hybridized carbons (Fsp3) is 0.447. The molecule has 2 saturated heterocycles. The Labute approximate surface area is 311 Å². The van der Waals surface area contributed by atoms with E-state index in [0.717, 1.165) is 0 Å². The van der Waals surface area contributed by atoms with Crippen molar-refractivity contribution in [2.75, 3.05) is 31.1 Å². The Morgan fingerprint density at radius 3 is 2.38 bits per heavy atom. The molecule has 15 heteroatoms. The van der Waals surface area contributed by atoms with E-state index in [-0.39, 0.29) is 47.1 Å². The van der Waals surface area contributed by atoms with Gasteiger partial charge in [-0.05, 0) is 36.8 Å². The summed E-state index contributed by atoms with van der Waals surface area (Å²) in [6.45, 7) is 10.5. The van der Waals surface area contributed by atoms with Crippen LogP contribution in [0.15, 0.2) is 42.5 Å². The summed E-state index contributed by atoms with van der Waals surface area (Å²) in [5.41, 5.74) is 5.27. The summed E-state index contributed by atoms with van der Waals surface area (Å²) in [5, 5.41) is 17.5. The fourth-order valence-corrected chi connectivity index (χ4v) is 9.23. The van der Waals surface area contributed by atoms with Crippen LogP contribution in [-0.4, -0.2) is 92.9 Å². The number of halogens is 2. The Bertz CT molecular complexity index is 2040. The van der Waals surface area contributed by atoms with Gasteiger partial charge in [-0.1, -0.05) is 45.4 Å². The van der Waals surface area contributed by atoms with E-state index in [4.69, 9.17) is 22.1 Å². The normalized spacial score (nSPS) is 23.8. The van der Waals surface area contributed by atoms with Crippen LogP contribution in [0.2, 0.25) is 5.02 Å². The van der Waals surface area contributed by atoms with Gasteiger partial charge < -0.3 is 20.3 Å². The van der Waals surface area contributed by atoms with Crippen LogP contribution in [0.1, 0.15) is 78.1 Å². The number of benzene rings is 2. The molecule has 4 aliphatic rings. The number of carbonyl (C=O) groups excluding carboxylic acids is 4. The molecule has 4 heterocycles. The zero-order valence-corrected chi connectivity index (χ0v) is 30.7. The van der Waals surface area contributed by atoms with Gasteiger partial charge in [-0.15, -0.1) is 10.2 Å². The maximum Gasteiger partial charge on any atom is 0.269 e. The largest absolute Gasteiger partial charge is 0.489 e. The standard InChI is InChI=1S/C38H40ClFN8O5/c1-37(2)35(38(3,4)36(37)53-23-7-5-21(18-41)26(39)17-23)48-30(49)12-10-28(34(48)52)47-20-25-24(33(47)51)8-6-22(31(25)40)19-45-13-15-46(16-14-45)29-11-9-27(32(42)50)43-44-29/h5-9,11,17,28,35-36H,10,12-16,19-20H2,1-4H3,(H2,42,50). The van der Waals surface area contributed by atoms with Crippen molar-refractivity contribution in [1.82, 2.24) is 24.9 Å². The topological polar surface area (TPSA) is 166 Å². The maximum atomic E-state index is 16.1. The van der Waals surface area contributed by atoms with Gasteiger partial charge in [-0.3, -0.25) is 29.0 Å². The summed E-state index contributed by atoms with van der Waals surface area (Å²) in [7, 11) is 0. The van der Waals surface area contributed by atoms with Gasteiger partial charge in [0.25, 0.3) is 17.7 Å². The summed E-state index contributed by atoms with van der Waals surface area (Å²) in [6.07, 6.45) is -0.197. The number of aromatic nitrogens is 2. The van der Waals surface area contributed by atoms with Crippen LogP contribution in [0.4, 0.5) is 10.2 Å². The number of amides is 4. The molecule has 3 fully saturated rings. The third kappa shape index (κ3) is 6.15. The Morgan fingerprint density at radius 1 is 1.04 bits per heavy atom. The number of hydrogen-bond acceptors (Lipinski definition) is 10. The number of piperidine rings is 1. The first-order valence-electron chi connectivity index (χ1n) is 17.6. The highest BCUT2D eigenvalue weighted by atomic mass is 35.5. The van der Waals surface area contributed by atoms with Crippen molar-refractivity contribution in [2.45, 2.75) is 71.8 Å². The molecule has 1 aromatic heterocycles. The van der Waals surface area contributed by atoms with E-state index in [0.29, 0.717) is 55.4 Å². The van der Waals surface area contributed by atoms with Crippen molar-refractivity contribution in [3.63, 3.8) is 0 Å². The molecule has 0 bridgehead atoms. The summed E-state index contributed by atoms with van der Waals surface area (Å²) in [4.78, 5) is 59.7. The van der Waals surface area contributed by atoms with Crippen LogP contribution < -0.4 is 15.4 Å². The molecule has 3 aliphatic heterocycles. The smallest absolute Gasteiger partial charge is 0.269 e. The summed E-state index contributed by atoms with van der Waals surface area (Å²) in [5.74, 6) is -1.23. The third-order valence-electron chi connectivity index (χ3n) is 11.3. The molecule has 0 spiro atoms. The van der Waals surface area contributed by atoms with Crippen molar-refractivity contribution in [3.8, 4) is 11.8 Å². The van der Waals surface area contributed by atoms with Gasteiger partial charge in [0.05, 0.1) is 23.2 Å². The number of carbonyl (C=O) groups is 4. The van der Waals surface area contributed by atoms with Crippen LogP contribution in [-0.2, 0) is 22.7 Å². The molecule has 53 heavy (non-hydrogen) atoms. The lowest BCUT2D eigenvalue weighted by Crippen LogP contribution is -2.77. The Balaban J connectivity index is 1.03. The SMILES string of the molecule is CC1(C)C(Oc2ccc(C#N)c(Cl)c2)C(C)(C)C1N1C(=O)CCC(N2Cc3c(ccc(CN4CCN(c5ccc(C(N)=O)nn5)CC4)c3F)C2=O)C1=O. The Kier molecular flexibility index (Phi) is 9.14. The summed E-state index contributed by atoms with van der Waals surface area (Å²) in [6, 6.07) is 11.9. The number of fused-ring (bicyclic) bond motifs is 1. The fourth-order valence-electron chi connectivity index (χ4n) is 9.02. The number of hydrogen-bond donors (Lipinski definition) is 1. The minimum absolute atomic E-state index is 0.0660. The first-order valence-corrected chi connectivity index (χ1v) is 18.0. The lowest BCUT2D eigenvalue weighted by molar-refractivity contribution is -0.216. The number of rotatable bonds is 8. The monoisotopic (exact) mass is 742 g/mol. The molecular weight excluding hydrogens is 703 g/mol. The number of nitrogens with two attached hydrogens (primary N) is 1. The van der Waals surface area contributed by atoms with Crippen LogP contribution >= 0.6 is 11.6 Å². The zero-order valence-electron chi connectivity index (χ0n) is 29.9. The summed E-state index contributed by atoms with van der Waals surface area (Å²) >= 11 is 6.25. The molecule has 13 nitrogen and oxygen atoms in total. The quantitative estimate of drug-likeness (QED) is 0.335. The minimum Gasteiger partial charge on any atom is -0.489 e. The lowest BCUT2D eigenvalue weighted by atomic mass is 9.48. The number of likely N-dealkylation sites (tertiary alicyclic amines) is 1. The summed E-state index contributed by atoms with van der Waals surface area (Å²) < 4.78 is 22.5. The molecule has 3 aromatic rings. The molecule has 2 aromatic carbocycles. The number of piperazine rings is 1. The van der Waals surface area contributed by atoms with E-state index in [1.165, 1.54) is 15.9 Å². The van der Waals surface area contributed by atoms with Crippen molar-refractivity contribution < 1.29 is 28.3 Å². The van der Waals surface area contributed by atoms with Crippen LogP contribution in [0, 0.1) is 28.0 Å². The zero-order chi connectivity index (χ0) is 38.0. The molecule has 0 radical (unpaired) electrons. The molecule has 276 valence electrons. The Hall–Kier alpha value is -5.13. The van der Waals surface area contributed by atoms with Crippen molar-refractivity contribution >= 4 is 41.0 Å². The van der Waals surface area contributed by atoms with Crippen LogP contribution in [0.3, 0.4) is 0 Å². The molecular formula is C38H40ClFN8O5. The van der Waals surface area contributed by atoms with E-state index in [2.05, 4.69) is 15.1 Å². The van der Waals surface area contributed by atoms with Crippen molar-refractivity contribution in [2.24, 2.45) is 16.6 Å². The number of nitrogens with zero attached hydrogens (tertiary/aromatic N) is 7. The highest BCUT2D eigenvalue weighted by Crippen LogP contribution is 2.58. The number of anilines is 1. The van der Waals surface area contributed by atoms with E-state index < -0.39 is 52.6 Å². The molecule has 2 N–H and O–H groups in total. The van der Waals surface area contributed by atoms with Crippen molar-refractivity contribution in [1.29, 1.82) is 5.26 Å². The third-order valence-corrected chi connectivity index (χ3v) is 11.6. The molecule has 1 aliphatic carbocycles. The molecule has 1 saturated carbocycles. The Morgan fingerprint density at radius 2 is 1.75 bits per heavy atom. The second-order valence-electron chi connectivity index (χ2n) is 15.4. The van der Waals surface area contributed by atoms with Gasteiger partial charge in [-0.2, -0.15) is 5.26 Å². The van der Waals surface area contributed by atoms with E-state index in [9.17, 15) is 24.4 Å². The molecule has 7 rings (SSSR count). The predicted molar refractivity (Wildman–Crippen MR) is 191 cm³/mol. The molecule has 1 atom stereocenters. The first kappa shape index (κ1) is 36.2. The number of nitriles is 1. The first-order chi connectivity index (χ1) is 25.1. The van der Waals surface area contributed by atoms with Gasteiger partial charge in [0.2, 0.25) is 5.91 Å². The number of primary amides is 1. The minimum atomic E-state index is -0.924. The highest BCUT2D eigenvalue weighted by molar-refractivity contribution is 6.31. The van der Waals surface area contributed by atoms with Gasteiger partial charge in [0, 0.05) is 72.7 Å². The second kappa shape index (κ2) is 13.4. The van der Waals surface area contributed by atoms with Crippen molar-refractivity contribution in [3.05, 3.63) is 81.3 Å². The van der Waals surface area contributed by atoms with Gasteiger partial charge in [-0.25, -0.2) is 4.39 Å².